The van der Waals surface area contributed by atoms with Crippen molar-refractivity contribution in [3.63, 3.8) is 0 Å². The number of rotatable bonds is 6. The molecule has 0 aliphatic rings. The zero-order valence-corrected chi connectivity index (χ0v) is 14.6. The van der Waals surface area contributed by atoms with Crippen LogP contribution < -0.4 is 20.7 Å². The molecule has 0 saturated heterocycles. The van der Waals surface area contributed by atoms with Crippen molar-refractivity contribution in [3.8, 4) is 5.75 Å². The SMILES string of the molecule is CCC(=O)Nc1cccc(NC(=S)NC(=O)COc2ccccc2)c1. The van der Waals surface area contributed by atoms with Gasteiger partial charge in [-0.2, -0.15) is 0 Å². The summed E-state index contributed by atoms with van der Waals surface area (Å²) in [6, 6.07) is 16.1. The van der Waals surface area contributed by atoms with E-state index in [-0.39, 0.29) is 23.5 Å². The number of ether oxygens (including phenoxy) is 1. The van der Waals surface area contributed by atoms with E-state index in [0.717, 1.165) is 0 Å². The summed E-state index contributed by atoms with van der Waals surface area (Å²) in [5, 5.41) is 8.34. The summed E-state index contributed by atoms with van der Waals surface area (Å²) in [5.74, 6) is 0.166. The molecule has 6 nitrogen and oxygen atoms in total. The smallest absolute Gasteiger partial charge is 0.264 e. The van der Waals surface area contributed by atoms with Crippen LogP contribution in [0.25, 0.3) is 0 Å². The van der Waals surface area contributed by atoms with Crippen molar-refractivity contribution in [2.45, 2.75) is 13.3 Å². The average Bonchev–Trinajstić information content (AvgIpc) is 2.61. The molecule has 0 saturated carbocycles. The maximum Gasteiger partial charge on any atom is 0.264 e. The summed E-state index contributed by atoms with van der Waals surface area (Å²) in [7, 11) is 0. The fourth-order valence-corrected chi connectivity index (χ4v) is 2.15. The molecule has 0 aliphatic heterocycles. The molecule has 0 aliphatic carbocycles. The lowest BCUT2D eigenvalue weighted by atomic mass is 10.2. The monoisotopic (exact) mass is 357 g/mol. The summed E-state index contributed by atoms with van der Waals surface area (Å²) in [4.78, 5) is 23.3. The number of amides is 2. The van der Waals surface area contributed by atoms with Crippen molar-refractivity contribution in [3.05, 3.63) is 54.6 Å². The van der Waals surface area contributed by atoms with Crippen LogP contribution in [0, 0.1) is 0 Å². The summed E-state index contributed by atoms with van der Waals surface area (Å²) >= 11 is 5.11. The zero-order valence-electron chi connectivity index (χ0n) is 13.7. The second-order valence-electron chi connectivity index (χ2n) is 5.09. The van der Waals surface area contributed by atoms with Gasteiger partial charge in [0, 0.05) is 17.8 Å². The average molecular weight is 357 g/mol. The molecule has 7 heteroatoms. The largest absolute Gasteiger partial charge is 0.484 e. The molecule has 2 aromatic rings. The standard InChI is InChI=1S/C18H19N3O3S/c1-2-16(22)19-13-7-6-8-14(11-13)20-18(25)21-17(23)12-24-15-9-4-3-5-10-15/h3-11H,2,12H2,1H3,(H,19,22)(H2,20,21,23,25). The molecule has 0 spiro atoms. The lowest BCUT2D eigenvalue weighted by Gasteiger charge is -2.11. The van der Waals surface area contributed by atoms with Crippen LogP contribution in [0.15, 0.2) is 54.6 Å². The zero-order chi connectivity index (χ0) is 18.1. The maximum absolute atomic E-state index is 11.8. The quantitative estimate of drug-likeness (QED) is 0.693. The van der Waals surface area contributed by atoms with E-state index in [1.54, 1.807) is 43.3 Å². The van der Waals surface area contributed by atoms with Gasteiger partial charge in [-0.25, -0.2) is 0 Å². The number of nitrogens with one attached hydrogen (secondary N) is 3. The first-order valence-corrected chi connectivity index (χ1v) is 8.16. The van der Waals surface area contributed by atoms with Crippen molar-refractivity contribution in [2.75, 3.05) is 17.2 Å². The number of anilines is 2. The van der Waals surface area contributed by atoms with Gasteiger partial charge in [0.25, 0.3) is 5.91 Å². The first kappa shape index (κ1) is 18.4. The van der Waals surface area contributed by atoms with Gasteiger partial charge in [0.15, 0.2) is 11.7 Å². The van der Waals surface area contributed by atoms with E-state index in [1.165, 1.54) is 0 Å². The number of para-hydroxylation sites is 1. The van der Waals surface area contributed by atoms with Crippen molar-refractivity contribution in [1.82, 2.24) is 5.32 Å². The topological polar surface area (TPSA) is 79.5 Å². The molecular weight excluding hydrogens is 338 g/mol. The number of carbonyl (C=O) groups excluding carboxylic acids is 2. The van der Waals surface area contributed by atoms with Crippen molar-refractivity contribution < 1.29 is 14.3 Å². The lowest BCUT2D eigenvalue weighted by molar-refractivity contribution is -0.121. The normalized spacial score (nSPS) is 9.80. The lowest BCUT2D eigenvalue weighted by Crippen LogP contribution is -2.37. The molecule has 0 unspecified atom stereocenters. The highest BCUT2D eigenvalue weighted by Gasteiger charge is 2.07. The Hall–Kier alpha value is -2.93. The summed E-state index contributed by atoms with van der Waals surface area (Å²) in [5.41, 5.74) is 1.31. The van der Waals surface area contributed by atoms with Gasteiger partial charge in [-0.3, -0.25) is 14.9 Å². The molecule has 130 valence electrons. The van der Waals surface area contributed by atoms with Crippen molar-refractivity contribution >= 4 is 40.5 Å². The summed E-state index contributed by atoms with van der Waals surface area (Å²) in [6.07, 6.45) is 0.396. The van der Waals surface area contributed by atoms with Gasteiger partial charge in [0.1, 0.15) is 5.75 Å². The van der Waals surface area contributed by atoms with Crippen molar-refractivity contribution in [2.24, 2.45) is 0 Å². The Morgan fingerprint density at radius 3 is 2.32 bits per heavy atom. The van der Waals surface area contributed by atoms with Gasteiger partial charge in [-0.1, -0.05) is 31.2 Å². The highest BCUT2D eigenvalue weighted by molar-refractivity contribution is 7.80. The minimum absolute atomic E-state index is 0.0777. The molecular formula is C18H19N3O3S. The Balaban J connectivity index is 1.82. The predicted octanol–water partition coefficient (Wildman–Crippen LogP) is 2.93. The Bertz CT molecular complexity index is 750. The van der Waals surface area contributed by atoms with Crippen LogP contribution in [0.2, 0.25) is 0 Å². The van der Waals surface area contributed by atoms with Gasteiger partial charge in [-0.15, -0.1) is 0 Å². The van der Waals surface area contributed by atoms with E-state index >= 15 is 0 Å². The minimum Gasteiger partial charge on any atom is -0.484 e. The number of hydrogen-bond acceptors (Lipinski definition) is 4. The fourth-order valence-electron chi connectivity index (χ4n) is 1.91. The molecule has 0 atom stereocenters. The number of carbonyl (C=O) groups is 2. The van der Waals surface area contributed by atoms with Crippen molar-refractivity contribution in [1.29, 1.82) is 0 Å². The second kappa shape index (κ2) is 9.39. The predicted molar refractivity (Wildman–Crippen MR) is 102 cm³/mol. The number of hydrogen-bond donors (Lipinski definition) is 3. The number of thiocarbonyl (C=S) groups is 1. The molecule has 3 N–H and O–H groups in total. The molecule has 25 heavy (non-hydrogen) atoms. The molecule has 0 radical (unpaired) electrons. The van der Waals surface area contributed by atoms with E-state index in [9.17, 15) is 9.59 Å². The van der Waals surface area contributed by atoms with Crippen LogP contribution in [0.4, 0.5) is 11.4 Å². The third kappa shape index (κ3) is 6.60. The molecule has 2 aromatic carbocycles. The van der Waals surface area contributed by atoms with E-state index < -0.39 is 0 Å². The molecule has 2 rings (SSSR count). The molecule has 2 amide bonds. The molecule has 0 aromatic heterocycles. The highest BCUT2D eigenvalue weighted by Crippen LogP contribution is 2.15. The Morgan fingerprint density at radius 2 is 1.64 bits per heavy atom. The third-order valence-electron chi connectivity index (χ3n) is 3.09. The van der Waals surface area contributed by atoms with Crippen LogP contribution in [-0.4, -0.2) is 23.5 Å². The maximum atomic E-state index is 11.8. The van der Waals surface area contributed by atoms with E-state index in [0.29, 0.717) is 23.5 Å². The van der Waals surface area contributed by atoms with Crippen LogP contribution in [-0.2, 0) is 9.59 Å². The van der Waals surface area contributed by atoms with Gasteiger partial charge < -0.3 is 15.4 Å². The van der Waals surface area contributed by atoms with E-state index in [1.807, 2.05) is 18.2 Å². The molecule has 0 bridgehead atoms. The van der Waals surface area contributed by atoms with Crippen LogP contribution in [0.1, 0.15) is 13.3 Å². The molecule has 0 fully saturated rings. The first-order valence-electron chi connectivity index (χ1n) is 7.75. The van der Waals surface area contributed by atoms with Crippen LogP contribution in [0.3, 0.4) is 0 Å². The molecule has 0 heterocycles. The third-order valence-corrected chi connectivity index (χ3v) is 3.30. The Kier molecular flexibility index (Phi) is 6.91. The Morgan fingerprint density at radius 1 is 0.960 bits per heavy atom. The first-order chi connectivity index (χ1) is 12.1. The van der Waals surface area contributed by atoms with E-state index in [2.05, 4.69) is 16.0 Å². The minimum atomic E-state index is -0.364. The Labute approximate surface area is 151 Å². The summed E-state index contributed by atoms with van der Waals surface area (Å²) in [6.45, 7) is 1.64. The van der Waals surface area contributed by atoms with Gasteiger partial charge in [-0.05, 0) is 42.5 Å². The van der Waals surface area contributed by atoms with Crippen LogP contribution in [0.5, 0.6) is 5.75 Å². The van der Waals surface area contributed by atoms with Gasteiger partial charge >= 0.3 is 0 Å². The van der Waals surface area contributed by atoms with E-state index in [4.69, 9.17) is 17.0 Å². The fraction of sp³-hybridized carbons (Fsp3) is 0.167. The number of benzene rings is 2. The summed E-state index contributed by atoms with van der Waals surface area (Å²) < 4.78 is 5.35. The van der Waals surface area contributed by atoms with Gasteiger partial charge in [0.2, 0.25) is 5.91 Å². The highest BCUT2D eigenvalue weighted by atomic mass is 32.1. The van der Waals surface area contributed by atoms with Crippen LogP contribution >= 0.6 is 12.2 Å². The second-order valence-corrected chi connectivity index (χ2v) is 5.49. The van der Waals surface area contributed by atoms with Gasteiger partial charge in [0.05, 0.1) is 0 Å².